The number of amides is 1. The summed E-state index contributed by atoms with van der Waals surface area (Å²) < 4.78 is 26.8. The Morgan fingerprint density at radius 3 is 1.77 bits per heavy atom. The van der Waals surface area contributed by atoms with E-state index in [1.807, 2.05) is 24.3 Å². The second-order valence-corrected chi connectivity index (χ2v) is 7.97. The maximum absolute atomic E-state index is 12.1. The van der Waals surface area contributed by atoms with Crippen molar-refractivity contribution in [2.75, 3.05) is 66.0 Å². The van der Waals surface area contributed by atoms with Crippen molar-refractivity contribution in [3.8, 4) is 11.1 Å². The van der Waals surface area contributed by atoms with Gasteiger partial charge in [0.15, 0.2) is 6.29 Å². The molecule has 0 bridgehead atoms. The van der Waals surface area contributed by atoms with E-state index in [4.69, 9.17) is 33.9 Å². The van der Waals surface area contributed by atoms with Gasteiger partial charge in [0, 0.05) is 18.9 Å². The molecule has 9 heteroatoms. The molecular weight excluding hydrogens is 454 g/mol. The van der Waals surface area contributed by atoms with Gasteiger partial charge in [-0.15, -0.1) is 0 Å². The van der Waals surface area contributed by atoms with Crippen LogP contribution in [0.2, 0.25) is 0 Å². The van der Waals surface area contributed by atoms with E-state index >= 15 is 0 Å². The number of fused-ring (bicyclic) bond motifs is 3. The van der Waals surface area contributed by atoms with E-state index in [1.165, 1.54) is 22.3 Å². The van der Waals surface area contributed by atoms with Crippen molar-refractivity contribution in [1.29, 1.82) is 0 Å². The number of hydrogen-bond acceptors (Lipinski definition) is 8. The maximum atomic E-state index is 12.1. The first-order valence-electron chi connectivity index (χ1n) is 11.9. The molecule has 9 nitrogen and oxygen atoms in total. The Morgan fingerprint density at radius 2 is 1.23 bits per heavy atom. The van der Waals surface area contributed by atoms with Crippen molar-refractivity contribution in [3.05, 3.63) is 59.7 Å². The molecule has 0 fully saturated rings. The van der Waals surface area contributed by atoms with Gasteiger partial charge in [0.05, 0.1) is 52.9 Å². The van der Waals surface area contributed by atoms with Gasteiger partial charge in [-0.1, -0.05) is 48.5 Å². The smallest absolute Gasteiger partial charge is 0.407 e. The second-order valence-electron chi connectivity index (χ2n) is 7.97. The standard InChI is InChI=1S/C26H35NO8/c28-25(29)9-11-31-13-15-33-17-18-34-16-14-32-12-10-27-26(30)35-19-24-22-7-3-1-5-20(22)21-6-2-4-8-23(21)24/h1-8,24-25,28-29H,9-19H2,(H,27,30). The van der Waals surface area contributed by atoms with Crippen LogP contribution >= 0.6 is 0 Å². The van der Waals surface area contributed by atoms with Crippen molar-refractivity contribution in [2.45, 2.75) is 18.6 Å². The fourth-order valence-electron chi connectivity index (χ4n) is 3.83. The van der Waals surface area contributed by atoms with Gasteiger partial charge >= 0.3 is 6.09 Å². The van der Waals surface area contributed by atoms with Crippen molar-refractivity contribution in [2.24, 2.45) is 0 Å². The SMILES string of the molecule is O=C(NCCOCCOCCOCCOCCC(O)O)OCC1c2ccccc2-c2ccccc21. The Bertz CT molecular complexity index is 846. The highest BCUT2D eigenvalue weighted by molar-refractivity contribution is 5.79. The van der Waals surface area contributed by atoms with Crippen LogP contribution in [-0.2, 0) is 23.7 Å². The van der Waals surface area contributed by atoms with Crippen LogP contribution in [0.3, 0.4) is 0 Å². The molecule has 1 amide bonds. The predicted molar refractivity (Wildman–Crippen MR) is 129 cm³/mol. The van der Waals surface area contributed by atoms with Crippen LogP contribution in [0.4, 0.5) is 4.79 Å². The molecule has 0 spiro atoms. The van der Waals surface area contributed by atoms with Crippen molar-refractivity contribution >= 4 is 6.09 Å². The molecule has 0 unspecified atom stereocenters. The number of hydrogen-bond donors (Lipinski definition) is 3. The van der Waals surface area contributed by atoms with E-state index in [0.29, 0.717) is 52.8 Å². The van der Waals surface area contributed by atoms with Crippen LogP contribution in [0.5, 0.6) is 0 Å². The minimum Gasteiger partial charge on any atom is -0.449 e. The molecule has 0 radical (unpaired) electrons. The van der Waals surface area contributed by atoms with Crippen LogP contribution in [-0.4, -0.2) is 88.6 Å². The Morgan fingerprint density at radius 1 is 0.743 bits per heavy atom. The molecule has 192 valence electrons. The average Bonchev–Trinajstić information content (AvgIpc) is 3.18. The number of carbonyl (C=O) groups excluding carboxylic acids is 1. The summed E-state index contributed by atoms with van der Waals surface area (Å²) in [6.07, 6.45) is -1.61. The molecule has 0 aromatic heterocycles. The van der Waals surface area contributed by atoms with Crippen LogP contribution in [0.25, 0.3) is 11.1 Å². The number of ether oxygens (including phenoxy) is 5. The predicted octanol–water partition coefficient (Wildman–Crippen LogP) is 2.29. The van der Waals surface area contributed by atoms with E-state index in [0.717, 1.165) is 0 Å². The lowest BCUT2D eigenvalue weighted by Crippen LogP contribution is -2.29. The lowest BCUT2D eigenvalue weighted by molar-refractivity contribution is -0.0654. The number of benzene rings is 2. The molecule has 3 rings (SSSR count). The summed E-state index contributed by atoms with van der Waals surface area (Å²) in [4.78, 5) is 12.1. The fraction of sp³-hybridized carbons (Fsp3) is 0.500. The molecule has 2 aromatic rings. The third kappa shape index (κ3) is 9.21. The minimum atomic E-state index is -1.34. The third-order valence-electron chi connectivity index (χ3n) is 5.50. The number of aliphatic hydroxyl groups is 2. The summed E-state index contributed by atoms with van der Waals surface area (Å²) in [7, 11) is 0. The lowest BCUT2D eigenvalue weighted by atomic mass is 9.98. The maximum Gasteiger partial charge on any atom is 0.407 e. The molecule has 0 aliphatic heterocycles. The highest BCUT2D eigenvalue weighted by Gasteiger charge is 2.28. The summed E-state index contributed by atoms with van der Waals surface area (Å²) in [6, 6.07) is 16.5. The van der Waals surface area contributed by atoms with Crippen LogP contribution in [0, 0.1) is 0 Å². The zero-order valence-electron chi connectivity index (χ0n) is 19.9. The Labute approximate surface area is 205 Å². The first kappa shape index (κ1) is 27.1. The number of carbonyl (C=O) groups is 1. The van der Waals surface area contributed by atoms with Gasteiger partial charge in [-0.2, -0.15) is 0 Å². The summed E-state index contributed by atoms with van der Waals surface area (Å²) in [6.45, 7) is 3.83. The molecule has 0 heterocycles. The van der Waals surface area contributed by atoms with Gasteiger partial charge in [-0.25, -0.2) is 4.79 Å². The number of aliphatic hydroxyl groups excluding tert-OH is 1. The van der Waals surface area contributed by atoms with Crippen molar-refractivity contribution in [3.63, 3.8) is 0 Å². The van der Waals surface area contributed by atoms with E-state index in [9.17, 15) is 4.79 Å². The zero-order chi connectivity index (χ0) is 24.7. The Balaban J connectivity index is 1.16. The highest BCUT2D eigenvalue weighted by atomic mass is 16.6. The highest BCUT2D eigenvalue weighted by Crippen LogP contribution is 2.44. The second kappa shape index (κ2) is 15.5. The van der Waals surface area contributed by atoms with Crippen molar-refractivity contribution in [1.82, 2.24) is 5.32 Å². The zero-order valence-corrected chi connectivity index (χ0v) is 19.9. The molecule has 3 N–H and O–H groups in total. The monoisotopic (exact) mass is 489 g/mol. The summed E-state index contributed by atoms with van der Waals surface area (Å²) >= 11 is 0. The molecule has 1 aliphatic carbocycles. The normalized spacial score (nSPS) is 12.5. The van der Waals surface area contributed by atoms with Gasteiger partial charge in [0.2, 0.25) is 0 Å². The van der Waals surface area contributed by atoms with E-state index in [2.05, 4.69) is 29.6 Å². The molecule has 1 aliphatic rings. The van der Waals surface area contributed by atoms with E-state index in [1.54, 1.807) is 0 Å². The number of rotatable bonds is 17. The van der Waals surface area contributed by atoms with Crippen LogP contribution in [0.15, 0.2) is 48.5 Å². The summed E-state index contributed by atoms with van der Waals surface area (Å²) in [5, 5.41) is 20.1. The van der Waals surface area contributed by atoms with E-state index in [-0.39, 0.29) is 25.6 Å². The van der Waals surface area contributed by atoms with Crippen LogP contribution < -0.4 is 5.32 Å². The molecule has 35 heavy (non-hydrogen) atoms. The Kier molecular flexibility index (Phi) is 12.0. The van der Waals surface area contributed by atoms with Crippen LogP contribution in [0.1, 0.15) is 23.5 Å². The molecule has 0 saturated carbocycles. The first-order valence-corrected chi connectivity index (χ1v) is 11.9. The topological polar surface area (TPSA) is 116 Å². The van der Waals surface area contributed by atoms with Crippen molar-refractivity contribution < 1.29 is 38.7 Å². The Hall–Kier alpha value is -2.53. The van der Waals surface area contributed by atoms with Gasteiger partial charge in [0.1, 0.15) is 6.61 Å². The van der Waals surface area contributed by atoms with Gasteiger partial charge in [-0.05, 0) is 22.3 Å². The summed E-state index contributed by atoms with van der Waals surface area (Å²) in [5.41, 5.74) is 4.76. The third-order valence-corrected chi connectivity index (χ3v) is 5.50. The molecule has 0 atom stereocenters. The van der Waals surface area contributed by atoms with Gasteiger partial charge < -0.3 is 39.2 Å². The van der Waals surface area contributed by atoms with Gasteiger partial charge in [0.25, 0.3) is 0 Å². The first-order chi connectivity index (χ1) is 17.2. The fourth-order valence-corrected chi connectivity index (χ4v) is 3.83. The number of nitrogens with one attached hydrogen (secondary N) is 1. The molecule has 2 aromatic carbocycles. The number of alkyl carbamates (subject to hydrolysis) is 1. The van der Waals surface area contributed by atoms with Gasteiger partial charge in [-0.3, -0.25) is 0 Å². The summed E-state index contributed by atoms with van der Waals surface area (Å²) in [5.74, 6) is 0.0401. The molecule has 0 saturated heterocycles. The largest absolute Gasteiger partial charge is 0.449 e. The quantitative estimate of drug-likeness (QED) is 0.229. The lowest BCUT2D eigenvalue weighted by Gasteiger charge is -2.14. The average molecular weight is 490 g/mol. The molecular formula is C26H35NO8. The van der Waals surface area contributed by atoms with E-state index < -0.39 is 12.4 Å². The minimum absolute atomic E-state index is 0.0401.